The molecule has 26 heavy (non-hydrogen) atoms. The average Bonchev–Trinajstić information content (AvgIpc) is 3.24. The van der Waals surface area contributed by atoms with Crippen LogP contribution in [0.4, 0.5) is 5.13 Å². The van der Waals surface area contributed by atoms with Crippen molar-refractivity contribution in [1.29, 1.82) is 0 Å². The first-order valence-electron chi connectivity index (χ1n) is 7.54. The van der Waals surface area contributed by atoms with E-state index in [0.717, 1.165) is 14.6 Å². The number of ether oxygens (including phenoxy) is 1. The summed E-state index contributed by atoms with van der Waals surface area (Å²) in [6.45, 7) is 2.11. The van der Waals surface area contributed by atoms with Gasteiger partial charge in [0.05, 0.1) is 28.3 Å². The molecule has 2 heterocycles. The predicted molar refractivity (Wildman–Crippen MR) is 106 cm³/mol. The quantitative estimate of drug-likeness (QED) is 0.332. The molecule has 11 heteroatoms. The van der Waals surface area contributed by atoms with Gasteiger partial charge in [-0.15, -0.1) is 21.5 Å². The van der Waals surface area contributed by atoms with Crippen molar-refractivity contribution in [3.05, 3.63) is 24.3 Å². The standard InChI is InChI=1S/C15H14N4O3S4/c1-2-22-12(21)8-24-15-19-18-13(26-15)17-11(20)7-23-14-16-9-5-3-4-6-10(9)25-14/h3-6H,2,7-8H2,1H3,(H,17,18,20). The summed E-state index contributed by atoms with van der Waals surface area (Å²) < 4.78 is 7.40. The number of hydrogen-bond acceptors (Lipinski definition) is 10. The van der Waals surface area contributed by atoms with Gasteiger partial charge in [-0.25, -0.2) is 4.98 Å². The minimum absolute atomic E-state index is 0.171. The molecule has 7 nitrogen and oxygen atoms in total. The fraction of sp³-hybridized carbons (Fsp3) is 0.267. The summed E-state index contributed by atoms with van der Waals surface area (Å²) in [5.74, 6) is -0.0629. The Morgan fingerprint density at radius 3 is 2.73 bits per heavy atom. The third kappa shape index (κ3) is 5.40. The number of aromatic nitrogens is 3. The van der Waals surface area contributed by atoms with Gasteiger partial charge in [0.15, 0.2) is 8.68 Å². The van der Waals surface area contributed by atoms with Gasteiger partial charge in [-0.3, -0.25) is 14.9 Å². The van der Waals surface area contributed by atoms with Crippen LogP contribution in [0, 0.1) is 0 Å². The number of rotatable bonds is 8. The number of amides is 1. The van der Waals surface area contributed by atoms with Gasteiger partial charge in [0.1, 0.15) is 0 Å². The third-order valence-electron chi connectivity index (χ3n) is 2.87. The molecule has 0 aliphatic rings. The Labute approximate surface area is 166 Å². The van der Waals surface area contributed by atoms with Crippen molar-refractivity contribution in [1.82, 2.24) is 15.2 Å². The van der Waals surface area contributed by atoms with Crippen LogP contribution in [-0.4, -0.2) is 45.2 Å². The number of carbonyl (C=O) groups is 2. The molecule has 0 bridgehead atoms. The molecule has 3 rings (SSSR count). The Hall–Kier alpha value is -1.69. The summed E-state index contributed by atoms with van der Waals surface area (Å²) in [4.78, 5) is 27.9. The second-order valence-electron chi connectivity index (χ2n) is 4.75. The largest absolute Gasteiger partial charge is 0.465 e. The molecule has 1 amide bonds. The van der Waals surface area contributed by atoms with Crippen molar-refractivity contribution in [3.63, 3.8) is 0 Å². The molecule has 1 aromatic carbocycles. The molecule has 2 aromatic heterocycles. The molecule has 0 saturated heterocycles. The van der Waals surface area contributed by atoms with E-state index in [0.29, 0.717) is 16.1 Å². The Bertz CT molecular complexity index is 878. The second-order valence-corrected chi connectivity index (χ2v) is 9.20. The summed E-state index contributed by atoms with van der Waals surface area (Å²) >= 11 is 5.41. The van der Waals surface area contributed by atoms with Crippen molar-refractivity contribution >= 4 is 73.4 Å². The third-order valence-corrected chi connectivity index (χ3v) is 7.00. The number of benzene rings is 1. The van der Waals surface area contributed by atoms with Crippen molar-refractivity contribution in [2.45, 2.75) is 15.6 Å². The van der Waals surface area contributed by atoms with Crippen LogP contribution in [0.25, 0.3) is 10.2 Å². The normalized spacial score (nSPS) is 10.8. The molecule has 0 spiro atoms. The number of thiazole rings is 1. The minimum atomic E-state index is -0.300. The van der Waals surface area contributed by atoms with Crippen molar-refractivity contribution in [2.75, 3.05) is 23.4 Å². The molecule has 0 fully saturated rings. The van der Waals surface area contributed by atoms with Gasteiger partial charge in [0, 0.05) is 0 Å². The smallest absolute Gasteiger partial charge is 0.316 e. The Morgan fingerprint density at radius 2 is 1.92 bits per heavy atom. The van der Waals surface area contributed by atoms with Crippen LogP contribution in [0.15, 0.2) is 32.9 Å². The maximum atomic E-state index is 12.1. The van der Waals surface area contributed by atoms with E-state index in [9.17, 15) is 9.59 Å². The van der Waals surface area contributed by atoms with Crippen LogP contribution in [0.1, 0.15) is 6.92 Å². The number of hydrogen-bond donors (Lipinski definition) is 1. The van der Waals surface area contributed by atoms with Gasteiger partial charge in [-0.1, -0.05) is 47.0 Å². The summed E-state index contributed by atoms with van der Waals surface area (Å²) in [5.41, 5.74) is 0.938. The topological polar surface area (TPSA) is 94.1 Å². The number of carbonyl (C=O) groups excluding carboxylic acids is 2. The predicted octanol–water partition coefficient (Wildman–Crippen LogP) is 3.53. The molecule has 0 radical (unpaired) electrons. The molecule has 0 aliphatic heterocycles. The Balaban J connectivity index is 1.46. The minimum Gasteiger partial charge on any atom is -0.465 e. The van der Waals surface area contributed by atoms with Crippen LogP contribution in [0.2, 0.25) is 0 Å². The number of para-hydroxylation sites is 1. The summed E-state index contributed by atoms with van der Waals surface area (Å²) in [6, 6.07) is 7.87. The highest BCUT2D eigenvalue weighted by Crippen LogP contribution is 2.30. The highest BCUT2D eigenvalue weighted by atomic mass is 32.2. The number of nitrogens with zero attached hydrogens (tertiary/aromatic N) is 3. The molecule has 0 saturated carbocycles. The van der Waals surface area contributed by atoms with Gasteiger partial charge < -0.3 is 4.74 Å². The maximum Gasteiger partial charge on any atom is 0.316 e. The molecular formula is C15H14N4O3S4. The fourth-order valence-corrected chi connectivity index (χ4v) is 5.27. The first-order valence-corrected chi connectivity index (χ1v) is 11.1. The lowest BCUT2D eigenvalue weighted by molar-refractivity contribution is -0.139. The van der Waals surface area contributed by atoms with Crippen molar-refractivity contribution in [3.8, 4) is 0 Å². The van der Waals surface area contributed by atoms with Crippen molar-refractivity contribution in [2.24, 2.45) is 0 Å². The van der Waals surface area contributed by atoms with Crippen LogP contribution < -0.4 is 5.32 Å². The van der Waals surface area contributed by atoms with Crippen LogP contribution >= 0.6 is 46.2 Å². The van der Waals surface area contributed by atoms with Crippen LogP contribution in [0.3, 0.4) is 0 Å². The average molecular weight is 427 g/mol. The number of nitrogens with one attached hydrogen (secondary N) is 1. The highest BCUT2D eigenvalue weighted by Gasteiger charge is 2.12. The summed E-state index contributed by atoms with van der Waals surface area (Å²) in [5, 5.41) is 11.0. The van der Waals surface area contributed by atoms with Gasteiger partial charge in [0.25, 0.3) is 0 Å². The van der Waals surface area contributed by atoms with Gasteiger partial charge in [-0.2, -0.15) is 0 Å². The molecule has 3 aromatic rings. The SMILES string of the molecule is CCOC(=O)CSc1nnc(NC(=O)CSc2nc3ccccc3s2)s1. The molecule has 0 aliphatic carbocycles. The first kappa shape index (κ1) is 19.1. The lowest BCUT2D eigenvalue weighted by Gasteiger charge is -1.99. The second kappa shape index (κ2) is 9.31. The summed E-state index contributed by atoms with van der Waals surface area (Å²) in [7, 11) is 0. The number of thioether (sulfide) groups is 2. The van der Waals surface area contributed by atoms with Gasteiger partial charge >= 0.3 is 5.97 Å². The maximum absolute atomic E-state index is 12.1. The molecule has 0 unspecified atom stereocenters. The van der Waals surface area contributed by atoms with Gasteiger partial charge in [-0.05, 0) is 19.1 Å². The number of anilines is 1. The van der Waals surface area contributed by atoms with E-state index in [4.69, 9.17) is 4.74 Å². The fourth-order valence-electron chi connectivity index (χ4n) is 1.84. The summed E-state index contributed by atoms with van der Waals surface area (Å²) in [6.07, 6.45) is 0. The van der Waals surface area contributed by atoms with E-state index in [-0.39, 0.29) is 23.4 Å². The zero-order valence-electron chi connectivity index (χ0n) is 13.6. The van der Waals surface area contributed by atoms with E-state index in [1.165, 1.54) is 34.9 Å². The number of fused-ring (bicyclic) bond motifs is 1. The molecule has 0 atom stereocenters. The van der Waals surface area contributed by atoms with Crippen LogP contribution in [0.5, 0.6) is 0 Å². The lowest BCUT2D eigenvalue weighted by Crippen LogP contribution is -2.13. The van der Waals surface area contributed by atoms with E-state index >= 15 is 0 Å². The van der Waals surface area contributed by atoms with E-state index in [1.807, 2.05) is 24.3 Å². The zero-order valence-corrected chi connectivity index (χ0v) is 16.9. The van der Waals surface area contributed by atoms with E-state index in [2.05, 4.69) is 20.5 Å². The molecular weight excluding hydrogens is 412 g/mol. The zero-order chi connectivity index (χ0) is 18.4. The van der Waals surface area contributed by atoms with E-state index in [1.54, 1.807) is 18.3 Å². The Kier molecular flexibility index (Phi) is 6.83. The van der Waals surface area contributed by atoms with Crippen molar-refractivity contribution < 1.29 is 14.3 Å². The van der Waals surface area contributed by atoms with E-state index < -0.39 is 0 Å². The monoisotopic (exact) mass is 426 g/mol. The first-order chi connectivity index (χ1) is 12.6. The number of esters is 1. The highest BCUT2D eigenvalue weighted by molar-refractivity contribution is 8.02. The Morgan fingerprint density at radius 1 is 1.12 bits per heavy atom. The van der Waals surface area contributed by atoms with Crippen LogP contribution in [-0.2, 0) is 14.3 Å². The molecule has 1 N–H and O–H groups in total. The lowest BCUT2D eigenvalue weighted by atomic mass is 10.3. The molecule has 136 valence electrons. The van der Waals surface area contributed by atoms with Gasteiger partial charge in [0.2, 0.25) is 11.0 Å².